The molecule has 6 heteroatoms. The second kappa shape index (κ2) is 5.56. The Kier molecular flexibility index (Phi) is 3.84. The quantitative estimate of drug-likeness (QED) is 0.869. The lowest BCUT2D eigenvalue weighted by molar-refractivity contribution is 0.0602. The topological polar surface area (TPSA) is 81.4 Å². The summed E-state index contributed by atoms with van der Waals surface area (Å²) >= 11 is 0. The van der Waals surface area contributed by atoms with E-state index in [4.69, 9.17) is 9.26 Å². The predicted molar refractivity (Wildman–Crippen MR) is 71.7 cm³/mol. The number of nitrogens with one attached hydrogen (secondary N) is 1. The summed E-state index contributed by atoms with van der Waals surface area (Å²) in [7, 11) is 1.29. The molecule has 1 heterocycles. The Morgan fingerprint density at radius 2 is 2.00 bits per heavy atom. The highest BCUT2D eigenvalue weighted by molar-refractivity contribution is 6.06. The summed E-state index contributed by atoms with van der Waals surface area (Å²) in [6.45, 7) is 3.56. The van der Waals surface area contributed by atoms with E-state index < -0.39 is 11.9 Å². The molecule has 6 nitrogen and oxygen atoms in total. The van der Waals surface area contributed by atoms with Gasteiger partial charge in [-0.15, -0.1) is 0 Å². The van der Waals surface area contributed by atoms with Crippen LogP contribution in [-0.2, 0) is 4.74 Å². The fourth-order valence-electron chi connectivity index (χ4n) is 1.70. The van der Waals surface area contributed by atoms with E-state index in [2.05, 4.69) is 10.5 Å². The molecule has 104 valence electrons. The van der Waals surface area contributed by atoms with Gasteiger partial charge in [0.15, 0.2) is 0 Å². The number of carbonyl (C=O) groups excluding carboxylic acids is 2. The second-order valence-electron chi connectivity index (χ2n) is 4.33. The molecule has 0 atom stereocenters. The predicted octanol–water partition coefficient (Wildman–Crippen LogP) is 2.33. The van der Waals surface area contributed by atoms with E-state index in [-0.39, 0.29) is 11.3 Å². The number of amides is 1. The van der Waals surface area contributed by atoms with Crippen molar-refractivity contribution in [3.8, 4) is 0 Å². The number of methoxy groups -OCH3 is 1. The summed E-state index contributed by atoms with van der Waals surface area (Å²) in [5.41, 5.74) is 2.14. The van der Waals surface area contributed by atoms with Crippen molar-refractivity contribution in [3.05, 3.63) is 46.8 Å². The third kappa shape index (κ3) is 2.85. The highest BCUT2D eigenvalue weighted by Crippen LogP contribution is 2.19. The number of rotatable bonds is 3. The number of ether oxygens (including phenoxy) is 1. The van der Waals surface area contributed by atoms with Crippen molar-refractivity contribution in [2.75, 3.05) is 12.4 Å². The molecule has 0 aliphatic heterocycles. The minimum Gasteiger partial charge on any atom is -0.465 e. The Bertz CT molecular complexity index is 661. The molecule has 0 aliphatic carbocycles. The standard InChI is InChI=1S/C14H14N2O4/c1-8-4-5-11(10(6-8)14(18)19-3)15-13(17)12-7-9(2)16-20-12/h4-7H,1-3H3,(H,15,17). The van der Waals surface area contributed by atoms with Gasteiger partial charge >= 0.3 is 5.97 Å². The lowest BCUT2D eigenvalue weighted by Crippen LogP contribution is -2.15. The zero-order valence-electron chi connectivity index (χ0n) is 11.4. The van der Waals surface area contributed by atoms with E-state index in [1.165, 1.54) is 13.2 Å². The highest BCUT2D eigenvalue weighted by atomic mass is 16.5. The third-order valence-corrected chi connectivity index (χ3v) is 2.68. The first-order valence-electron chi connectivity index (χ1n) is 5.95. The van der Waals surface area contributed by atoms with Crippen LogP contribution < -0.4 is 5.32 Å². The normalized spacial score (nSPS) is 10.2. The maximum absolute atomic E-state index is 12.0. The number of hydrogen-bond donors (Lipinski definition) is 1. The number of hydrogen-bond acceptors (Lipinski definition) is 5. The van der Waals surface area contributed by atoms with Gasteiger partial charge in [-0.05, 0) is 26.0 Å². The van der Waals surface area contributed by atoms with Crippen molar-refractivity contribution >= 4 is 17.6 Å². The number of aryl methyl sites for hydroxylation is 2. The molecule has 0 fully saturated rings. The van der Waals surface area contributed by atoms with Crippen LogP contribution >= 0.6 is 0 Å². The Morgan fingerprint density at radius 1 is 1.25 bits per heavy atom. The van der Waals surface area contributed by atoms with Gasteiger partial charge < -0.3 is 14.6 Å². The van der Waals surface area contributed by atoms with Crippen molar-refractivity contribution in [2.24, 2.45) is 0 Å². The van der Waals surface area contributed by atoms with Gasteiger partial charge in [0.25, 0.3) is 5.91 Å². The average molecular weight is 274 g/mol. The van der Waals surface area contributed by atoms with Gasteiger partial charge in [-0.25, -0.2) is 4.79 Å². The van der Waals surface area contributed by atoms with Gasteiger partial charge in [0.1, 0.15) is 0 Å². The largest absolute Gasteiger partial charge is 0.465 e. The summed E-state index contributed by atoms with van der Waals surface area (Å²) in [4.78, 5) is 23.7. The van der Waals surface area contributed by atoms with Crippen molar-refractivity contribution in [2.45, 2.75) is 13.8 Å². The first kappa shape index (κ1) is 13.8. The van der Waals surface area contributed by atoms with Gasteiger partial charge in [0.05, 0.1) is 24.1 Å². The van der Waals surface area contributed by atoms with Gasteiger partial charge in [0.2, 0.25) is 5.76 Å². The molecular weight excluding hydrogens is 260 g/mol. The molecule has 20 heavy (non-hydrogen) atoms. The molecule has 1 N–H and O–H groups in total. The van der Waals surface area contributed by atoms with Gasteiger partial charge in [0, 0.05) is 6.07 Å². The minimum absolute atomic E-state index is 0.0823. The number of aromatic nitrogens is 1. The molecule has 0 spiro atoms. The maximum Gasteiger partial charge on any atom is 0.339 e. The van der Waals surface area contributed by atoms with Crippen molar-refractivity contribution in [1.82, 2.24) is 5.16 Å². The Labute approximate surface area is 115 Å². The van der Waals surface area contributed by atoms with E-state index in [1.807, 2.05) is 6.92 Å². The average Bonchev–Trinajstić information content (AvgIpc) is 2.86. The van der Waals surface area contributed by atoms with Gasteiger partial charge in [-0.2, -0.15) is 0 Å². The highest BCUT2D eigenvalue weighted by Gasteiger charge is 2.17. The van der Waals surface area contributed by atoms with Crippen LogP contribution in [-0.4, -0.2) is 24.1 Å². The third-order valence-electron chi connectivity index (χ3n) is 2.68. The summed E-state index contributed by atoms with van der Waals surface area (Å²) < 4.78 is 9.57. The number of anilines is 1. The maximum atomic E-state index is 12.0. The summed E-state index contributed by atoms with van der Waals surface area (Å²) in [6.07, 6.45) is 0. The van der Waals surface area contributed by atoms with Crippen LogP contribution in [0.2, 0.25) is 0 Å². The van der Waals surface area contributed by atoms with Gasteiger partial charge in [-0.1, -0.05) is 16.8 Å². The molecule has 1 amide bonds. The summed E-state index contributed by atoms with van der Waals surface area (Å²) in [5.74, 6) is -0.906. The summed E-state index contributed by atoms with van der Waals surface area (Å²) in [5, 5.41) is 6.25. The molecule has 0 unspecified atom stereocenters. The van der Waals surface area contributed by atoms with E-state index in [1.54, 1.807) is 25.1 Å². The van der Waals surface area contributed by atoms with Crippen LogP contribution in [0.5, 0.6) is 0 Å². The van der Waals surface area contributed by atoms with Crippen LogP contribution in [0.25, 0.3) is 0 Å². The number of nitrogens with zero attached hydrogens (tertiary/aromatic N) is 1. The second-order valence-corrected chi connectivity index (χ2v) is 4.33. The molecule has 0 bridgehead atoms. The lowest BCUT2D eigenvalue weighted by atomic mass is 10.1. The van der Waals surface area contributed by atoms with Crippen LogP contribution in [0.3, 0.4) is 0 Å². The smallest absolute Gasteiger partial charge is 0.339 e. The van der Waals surface area contributed by atoms with E-state index in [9.17, 15) is 9.59 Å². The molecule has 0 radical (unpaired) electrons. The van der Waals surface area contributed by atoms with E-state index in [0.29, 0.717) is 11.4 Å². The molecule has 0 saturated carbocycles. The van der Waals surface area contributed by atoms with Crippen LogP contribution in [0, 0.1) is 13.8 Å². The fraction of sp³-hybridized carbons (Fsp3) is 0.214. The van der Waals surface area contributed by atoms with Crippen LogP contribution in [0.15, 0.2) is 28.8 Å². The van der Waals surface area contributed by atoms with Crippen molar-refractivity contribution in [1.29, 1.82) is 0 Å². The Hall–Kier alpha value is -2.63. The molecule has 1 aromatic heterocycles. The molecule has 0 aliphatic rings. The monoisotopic (exact) mass is 274 g/mol. The Morgan fingerprint density at radius 3 is 2.60 bits per heavy atom. The molecule has 0 saturated heterocycles. The first-order valence-corrected chi connectivity index (χ1v) is 5.95. The van der Waals surface area contributed by atoms with Gasteiger partial charge in [-0.3, -0.25) is 4.79 Å². The number of esters is 1. The lowest BCUT2D eigenvalue weighted by Gasteiger charge is -2.09. The SMILES string of the molecule is COC(=O)c1cc(C)ccc1NC(=O)c1cc(C)no1. The summed E-state index contributed by atoms with van der Waals surface area (Å²) in [6, 6.07) is 6.59. The number of carbonyl (C=O) groups is 2. The number of benzene rings is 1. The zero-order valence-corrected chi connectivity index (χ0v) is 11.4. The van der Waals surface area contributed by atoms with Crippen molar-refractivity contribution in [3.63, 3.8) is 0 Å². The Balaban J connectivity index is 2.29. The van der Waals surface area contributed by atoms with Crippen molar-refractivity contribution < 1.29 is 18.8 Å². The zero-order chi connectivity index (χ0) is 14.7. The molecule has 2 rings (SSSR count). The molecule has 1 aromatic carbocycles. The van der Waals surface area contributed by atoms with E-state index >= 15 is 0 Å². The minimum atomic E-state index is -0.516. The van der Waals surface area contributed by atoms with E-state index in [0.717, 1.165) is 5.56 Å². The van der Waals surface area contributed by atoms with Crippen LogP contribution in [0.1, 0.15) is 32.2 Å². The first-order chi connectivity index (χ1) is 9.51. The van der Waals surface area contributed by atoms with Crippen LogP contribution in [0.4, 0.5) is 5.69 Å². The fourth-order valence-corrected chi connectivity index (χ4v) is 1.70. The molecular formula is C14H14N2O4. The molecule has 2 aromatic rings.